The molecule has 0 bridgehead atoms. The molecule has 0 radical (unpaired) electrons. The van der Waals surface area contributed by atoms with E-state index in [0.29, 0.717) is 32.2 Å². The lowest BCUT2D eigenvalue weighted by Crippen LogP contribution is -2.49. The first-order chi connectivity index (χ1) is 18.9. The van der Waals surface area contributed by atoms with Gasteiger partial charge in [0.05, 0.1) is 12.1 Å². The number of halogens is 1. The molecule has 0 aliphatic carbocycles. The highest BCUT2D eigenvalue weighted by Gasteiger charge is 2.34. The largest absolute Gasteiger partial charge is 0.491 e. The van der Waals surface area contributed by atoms with Crippen molar-refractivity contribution in [1.29, 1.82) is 0 Å². The Morgan fingerprint density at radius 3 is 2.72 bits per heavy atom. The number of hydrogen-bond acceptors (Lipinski definition) is 5. The van der Waals surface area contributed by atoms with Crippen LogP contribution < -0.4 is 4.74 Å². The maximum absolute atomic E-state index is 13.9. The van der Waals surface area contributed by atoms with Crippen molar-refractivity contribution < 1.29 is 23.5 Å². The molecule has 1 saturated heterocycles. The molecule has 1 fully saturated rings. The number of ether oxygens (including phenoxy) is 2. The molecular formula is C31H35FN2O4S. The van der Waals surface area contributed by atoms with E-state index in [0.717, 1.165) is 30.6 Å². The number of amides is 2. The number of carbonyl (C=O) groups is 2. The second-order valence-electron chi connectivity index (χ2n) is 10.5. The lowest BCUT2D eigenvalue weighted by atomic mass is 10.00. The highest BCUT2D eigenvalue weighted by molar-refractivity contribution is 7.10. The van der Waals surface area contributed by atoms with Crippen LogP contribution in [-0.4, -0.2) is 60.6 Å². The Bertz CT molecular complexity index is 1290. The Morgan fingerprint density at radius 2 is 2.00 bits per heavy atom. The molecular weight excluding hydrogens is 515 g/mol. The summed E-state index contributed by atoms with van der Waals surface area (Å²) in [7, 11) is 0. The van der Waals surface area contributed by atoms with Gasteiger partial charge in [0.1, 0.15) is 24.7 Å². The summed E-state index contributed by atoms with van der Waals surface area (Å²) in [5.41, 5.74) is 2.57. The van der Waals surface area contributed by atoms with E-state index in [2.05, 4.69) is 37.4 Å². The molecule has 2 aliphatic heterocycles. The van der Waals surface area contributed by atoms with Crippen LogP contribution in [0.25, 0.3) is 0 Å². The molecule has 0 spiro atoms. The molecule has 39 heavy (non-hydrogen) atoms. The third-order valence-corrected chi connectivity index (χ3v) is 8.50. The van der Waals surface area contributed by atoms with Crippen LogP contribution >= 0.6 is 11.3 Å². The van der Waals surface area contributed by atoms with Crippen LogP contribution in [0.15, 0.2) is 60.0 Å². The van der Waals surface area contributed by atoms with Crippen molar-refractivity contribution in [3.8, 4) is 5.75 Å². The van der Waals surface area contributed by atoms with Gasteiger partial charge in [-0.15, -0.1) is 11.3 Å². The van der Waals surface area contributed by atoms with E-state index in [9.17, 15) is 14.0 Å². The smallest absolute Gasteiger partial charge is 0.254 e. The van der Waals surface area contributed by atoms with E-state index in [1.54, 1.807) is 17.4 Å². The third-order valence-electron chi connectivity index (χ3n) is 7.50. The van der Waals surface area contributed by atoms with E-state index in [1.165, 1.54) is 33.5 Å². The molecule has 1 aromatic heterocycles. The van der Waals surface area contributed by atoms with Crippen molar-refractivity contribution in [2.24, 2.45) is 0 Å². The minimum absolute atomic E-state index is 0.103. The Hall–Kier alpha value is -3.23. The van der Waals surface area contributed by atoms with Crippen LogP contribution in [0.3, 0.4) is 0 Å². The molecule has 2 amide bonds. The predicted octanol–water partition coefficient (Wildman–Crippen LogP) is 5.84. The van der Waals surface area contributed by atoms with Crippen molar-refractivity contribution in [1.82, 2.24) is 9.80 Å². The summed E-state index contributed by atoms with van der Waals surface area (Å²) in [4.78, 5) is 31.9. The molecule has 2 atom stereocenters. The van der Waals surface area contributed by atoms with Crippen LogP contribution in [-0.2, 0) is 16.0 Å². The minimum atomic E-state index is -0.482. The van der Waals surface area contributed by atoms with Gasteiger partial charge in [0.15, 0.2) is 0 Å². The van der Waals surface area contributed by atoms with Gasteiger partial charge in [-0.1, -0.05) is 32.0 Å². The zero-order chi connectivity index (χ0) is 27.4. The highest BCUT2D eigenvalue weighted by Crippen LogP contribution is 2.34. The second-order valence-corrected chi connectivity index (χ2v) is 11.5. The van der Waals surface area contributed by atoms with Crippen LogP contribution in [0, 0.1) is 5.82 Å². The summed E-state index contributed by atoms with van der Waals surface area (Å²) < 4.78 is 25.9. The molecule has 5 rings (SSSR count). The number of nitrogens with zero attached hydrogens (tertiary/aromatic N) is 2. The van der Waals surface area contributed by atoms with Gasteiger partial charge in [0.25, 0.3) is 5.91 Å². The molecule has 0 unspecified atom stereocenters. The first-order valence-electron chi connectivity index (χ1n) is 13.6. The SMILES string of the molecule is CC(C)c1ccc(OC[C@H]2c3ccsc3CCN2C(=O)CN(C[C@H]2CCCO2)C(=O)c2cccc(F)c2)cc1. The van der Waals surface area contributed by atoms with Crippen molar-refractivity contribution in [3.63, 3.8) is 0 Å². The standard InChI is InChI=1S/C31H35FN2O4S/c1-21(2)22-8-10-25(11-9-22)38-20-28-27-13-16-39-29(27)12-14-34(28)30(35)19-33(18-26-7-4-15-37-26)31(36)23-5-3-6-24(32)17-23/h3,5-6,8-11,13,16-17,21,26,28H,4,7,12,14-15,18-20H2,1-2H3/t26-,28+/m1/s1. The fourth-order valence-electron chi connectivity index (χ4n) is 5.31. The van der Waals surface area contributed by atoms with Crippen LogP contribution in [0.5, 0.6) is 5.75 Å². The Morgan fingerprint density at radius 1 is 1.18 bits per heavy atom. The van der Waals surface area contributed by atoms with E-state index in [4.69, 9.17) is 9.47 Å². The quantitative estimate of drug-likeness (QED) is 0.336. The van der Waals surface area contributed by atoms with Gasteiger partial charge in [0, 0.05) is 30.1 Å². The third kappa shape index (κ3) is 6.50. The lowest BCUT2D eigenvalue weighted by Gasteiger charge is -2.37. The Labute approximate surface area is 233 Å². The van der Waals surface area contributed by atoms with Crippen LogP contribution in [0.2, 0.25) is 0 Å². The topological polar surface area (TPSA) is 59.1 Å². The fourth-order valence-corrected chi connectivity index (χ4v) is 6.24. The number of rotatable bonds is 9. The van der Waals surface area contributed by atoms with Gasteiger partial charge in [-0.3, -0.25) is 9.59 Å². The monoisotopic (exact) mass is 550 g/mol. The number of carbonyl (C=O) groups excluding carboxylic acids is 2. The maximum atomic E-state index is 13.9. The minimum Gasteiger partial charge on any atom is -0.491 e. The van der Waals surface area contributed by atoms with Gasteiger partial charge in [-0.2, -0.15) is 0 Å². The van der Waals surface area contributed by atoms with E-state index >= 15 is 0 Å². The van der Waals surface area contributed by atoms with Gasteiger partial charge < -0.3 is 19.3 Å². The zero-order valence-electron chi connectivity index (χ0n) is 22.5. The number of hydrogen-bond donors (Lipinski definition) is 0. The maximum Gasteiger partial charge on any atom is 0.254 e. The number of fused-ring (bicyclic) bond motifs is 1. The van der Waals surface area contributed by atoms with Crippen molar-refractivity contribution in [2.75, 3.05) is 32.8 Å². The van der Waals surface area contributed by atoms with Crippen molar-refractivity contribution >= 4 is 23.2 Å². The summed E-state index contributed by atoms with van der Waals surface area (Å²) in [6.07, 6.45) is 2.38. The van der Waals surface area contributed by atoms with Gasteiger partial charge in [-0.05, 0) is 78.1 Å². The lowest BCUT2D eigenvalue weighted by molar-refractivity contribution is -0.135. The summed E-state index contributed by atoms with van der Waals surface area (Å²) in [6, 6.07) is 15.5. The van der Waals surface area contributed by atoms with E-state index < -0.39 is 5.82 Å². The summed E-state index contributed by atoms with van der Waals surface area (Å²) >= 11 is 1.70. The molecule has 0 N–H and O–H groups in total. The van der Waals surface area contributed by atoms with Crippen molar-refractivity contribution in [2.45, 2.75) is 51.2 Å². The summed E-state index contributed by atoms with van der Waals surface area (Å²) in [6.45, 7) is 6.01. The molecule has 2 aliphatic rings. The predicted molar refractivity (Wildman–Crippen MR) is 150 cm³/mol. The molecule has 8 heteroatoms. The average Bonchev–Trinajstić information content (AvgIpc) is 3.63. The Kier molecular flexibility index (Phi) is 8.63. The zero-order valence-corrected chi connectivity index (χ0v) is 23.3. The normalized spacial score (nSPS) is 18.7. The van der Waals surface area contributed by atoms with E-state index in [-0.39, 0.29) is 36.1 Å². The van der Waals surface area contributed by atoms with Crippen LogP contribution in [0.1, 0.15) is 65.0 Å². The Balaban J connectivity index is 1.34. The van der Waals surface area contributed by atoms with Crippen molar-refractivity contribution in [3.05, 3.63) is 87.4 Å². The first kappa shape index (κ1) is 27.3. The van der Waals surface area contributed by atoms with Gasteiger partial charge in [-0.25, -0.2) is 4.39 Å². The molecule has 206 valence electrons. The molecule has 6 nitrogen and oxygen atoms in total. The summed E-state index contributed by atoms with van der Waals surface area (Å²) in [5.74, 6) is 0.189. The first-order valence-corrected chi connectivity index (χ1v) is 14.5. The average molecular weight is 551 g/mol. The fraction of sp³-hybridized carbons (Fsp3) is 0.419. The molecule has 3 aromatic rings. The molecule has 3 heterocycles. The highest BCUT2D eigenvalue weighted by atomic mass is 32.1. The van der Waals surface area contributed by atoms with Gasteiger partial charge >= 0.3 is 0 Å². The van der Waals surface area contributed by atoms with Gasteiger partial charge in [0.2, 0.25) is 5.91 Å². The molecule has 2 aromatic carbocycles. The summed E-state index contributed by atoms with van der Waals surface area (Å²) in [5, 5.41) is 2.06. The number of benzene rings is 2. The second kappa shape index (κ2) is 12.3. The van der Waals surface area contributed by atoms with Crippen LogP contribution in [0.4, 0.5) is 4.39 Å². The molecule has 0 saturated carbocycles. The van der Waals surface area contributed by atoms with E-state index in [1.807, 2.05) is 17.0 Å². The number of thiophene rings is 1.